The van der Waals surface area contributed by atoms with Gasteiger partial charge in [0.25, 0.3) is 0 Å². The Bertz CT molecular complexity index is 361. The topological polar surface area (TPSA) is 34.1 Å². The van der Waals surface area contributed by atoms with Crippen molar-refractivity contribution in [1.82, 2.24) is 10.3 Å². The van der Waals surface area contributed by atoms with Crippen LogP contribution in [0.25, 0.3) is 0 Å². The number of ether oxygens (including phenoxy) is 1. The Kier molecular flexibility index (Phi) is 5.42. The van der Waals surface area contributed by atoms with Crippen LogP contribution in [0.5, 0.6) is 5.75 Å². The Labute approximate surface area is 105 Å². The van der Waals surface area contributed by atoms with Gasteiger partial charge in [-0.2, -0.15) is 0 Å². The van der Waals surface area contributed by atoms with Crippen LogP contribution in [-0.4, -0.2) is 25.2 Å². The molecular formula is C14H24N2O. The van der Waals surface area contributed by atoms with Crippen molar-refractivity contribution in [2.24, 2.45) is 5.92 Å². The summed E-state index contributed by atoms with van der Waals surface area (Å²) in [5.41, 5.74) is 3.39. The van der Waals surface area contributed by atoms with Crippen molar-refractivity contribution in [1.29, 1.82) is 0 Å². The van der Waals surface area contributed by atoms with Crippen LogP contribution in [0.4, 0.5) is 0 Å². The van der Waals surface area contributed by atoms with E-state index in [-0.39, 0.29) is 0 Å². The highest BCUT2D eigenvalue weighted by atomic mass is 16.5. The number of methoxy groups -OCH3 is 1. The average molecular weight is 236 g/mol. The van der Waals surface area contributed by atoms with Gasteiger partial charge in [-0.15, -0.1) is 0 Å². The molecule has 1 aromatic heterocycles. The van der Waals surface area contributed by atoms with E-state index < -0.39 is 0 Å². The van der Waals surface area contributed by atoms with Crippen LogP contribution in [-0.2, 0) is 6.42 Å². The van der Waals surface area contributed by atoms with E-state index in [4.69, 9.17) is 4.74 Å². The number of hydrogen-bond acceptors (Lipinski definition) is 3. The van der Waals surface area contributed by atoms with Crippen molar-refractivity contribution in [2.75, 3.05) is 20.2 Å². The number of nitrogens with zero attached hydrogens (tertiary/aromatic N) is 1. The molecule has 1 N–H and O–H groups in total. The molecule has 0 aliphatic heterocycles. The van der Waals surface area contributed by atoms with Gasteiger partial charge in [-0.3, -0.25) is 4.98 Å². The van der Waals surface area contributed by atoms with Crippen LogP contribution in [0.15, 0.2) is 6.20 Å². The van der Waals surface area contributed by atoms with Crippen LogP contribution in [0.2, 0.25) is 0 Å². The second kappa shape index (κ2) is 6.60. The zero-order valence-electron chi connectivity index (χ0n) is 11.6. The molecule has 0 unspecified atom stereocenters. The fourth-order valence-corrected chi connectivity index (χ4v) is 1.92. The summed E-state index contributed by atoms with van der Waals surface area (Å²) in [5, 5.41) is 3.43. The average Bonchev–Trinajstić information content (AvgIpc) is 2.27. The zero-order valence-corrected chi connectivity index (χ0v) is 11.6. The molecular weight excluding hydrogens is 212 g/mol. The van der Waals surface area contributed by atoms with Crippen LogP contribution in [0, 0.1) is 19.8 Å². The molecule has 96 valence electrons. The number of aryl methyl sites for hydroxylation is 1. The van der Waals surface area contributed by atoms with Crippen molar-refractivity contribution in [3.05, 3.63) is 23.0 Å². The van der Waals surface area contributed by atoms with Gasteiger partial charge in [-0.05, 0) is 26.3 Å². The summed E-state index contributed by atoms with van der Waals surface area (Å²) >= 11 is 0. The predicted octanol–water partition coefficient (Wildman–Crippen LogP) is 2.50. The highest BCUT2D eigenvalue weighted by molar-refractivity contribution is 5.41. The molecule has 0 radical (unpaired) electrons. The summed E-state index contributed by atoms with van der Waals surface area (Å²) in [4.78, 5) is 4.48. The van der Waals surface area contributed by atoms with E-state index in [9.17, 15) is 0 Å². The summed E-state index contributed by atoms with van der Waals surface area (Å²) in [6, 6.07) is 0. The fraction of sp³-hybridized carbons (Fsp3) is 0.643. The van der Waals surface area contributed by atoms with E-state index in [0.717, 1.165) is 36.5 Å². The van der Waals surface area contributed by atoms with Crippen molar-refractivity contribution in [3.8, 4) is 5.75 Å². The first kappa shape index (κ1) is 14.0. The molecule has 3 heteroatoms. The van der Waals surface area contributed by atoms with Crippen LogP contribution >= 0.6 is 0 Å². The molecule has 0 saturated carbocycles. The predicted molar refractivity (Wildman–Crippen MR) is 71.7 cm³/mol. The Morgan fingerprint density at radius 2 is 2.06 bits per heavy atom. The lowest BCUT2D eigenvalue weighted by atomic mass is 10.1. The van der Waals surface area contributed by atoms with Gasteiger partial charge in [0, 0.05) is 36.0 Å². The van der Waals surface area contributed by atoms with Gasteiger partial charge in [-0.25, -0.2) is 0 Å². The number of pyridine rings is 1. The molecule has 0 spiro atoms. The molecule has 1 rings (SSSR count). The number of rotatable bonds is 6. The van der Waals surface area contributed by atoms with E-state index in [1.54, 1.807) is 7.11 Å². The van der Waals surface area contributed by atoms with E-state index in [0.29, 0.717) is 5.92 Å². The highest BCUT2D eigenvalue weighted by Gasteiger charge is 2.08. The standard InChI is InChI=1S/C14H24N2O/c1-10(2)8-15-7-6-13-12(4)14(17-5)11(3)9-16-13/h9-10,15H,6-8H2,1-5H3. The van der Waals surface area contributed by atoms with E-state index in [2.05, 4.69) is 31.1 Å². The fourth-order valence-electron chi connectivity index (χ4n) is 1.92. The Morgan fingerprint density at radius 3 is 2.65 bits per heavy atom. The van der Waals surface area contributed by atoms with Crippen molar-refractivity contribution in [3.63, 3.8) is 0 Å². The van der Waals surface area contributed by atoms with Gasteiger partial charge < -0.3 is 10.1 Å². The number of aromatic nitrogens is 1. The minimum absolute atomic E-state index is 0.691. The summed E-state index contributed by atoms with van der Waals surface area (Å²) < 4.78 is 5.40. The van der Waals surface area contributed by atoms with Crippen LogP contribution in [0.1, 0.15) is 30.7 Å². The second-order valence-electron chi connectivity index (χ2n) is 4.89. The normalized spacial score (nSPS) is 10.9. The molecule has 17 heavy (non-hydrogen) atoms. The van der Waals surface area contributed by atoms with Gasteiger partial charge in [0.05, 0.1) is 7.11 Å². The molecule has 1 aromatic rings. The largest absolute Gasteiger partial charge is 0.496 e. The molecule has 1 heterocycles. The van der Waals surface area contributed by atoms with Crippen molar-refractivity contribution < 1.29 is 4.74 Å². The quantitative estimate of drug-likeness (QED) is 0.771. The molecule has 0 aliphatic carbocycles. The number of hydrogen-bond donors (Lipinski definition) is 1. The number of nitrogens with one attached hydrogen (secondary N) is 1. The molecule has 0 fully saturated rings. The summed E-state index contributed by atoms with van der Waals surface area (Å²) in [6.45, 7) is 10.6. The van der Waals surface area contributed by atoms with Gasteiger partial charge in [0.15, 0.2) is 0 Å². The smallest absolute Gasteiger partial charge is 0.128 e. The lowest BCUT2D eigenvalue weighted by molar-refractivity contribution is 0.406. The maximum Gasteiger partial charge on any atom is 0.128 e. The van der Waals surface area contributed by atoms with Crippen LogP contribution in [0.3, 0.4) is 0 Å². The van der Waals surface area contributed by atoms with Gasteiger partial charge >= 0.3 is 0 Å². The van der Waals surface area contributed by atoms with Crippen LogP contribution < -0.4 is 10.1 Å². The summed E-state index contributed by atoms with van der Waals surface area (Å²) in [7, 11) is 1.72. The Hall–Kier alpha value is -1.09. The maximum atomic E-state index is 5.40. The molecule has 3 nitrogen and oxygen atoms in total. The maximum absolute atomic E-state index is 5.40. The van der Waals surface area contributed by atoms with Gasteiger partial charge in [-0.1, -0.05) is 13.8 Å². The monoisotopic (exact) mass is 236 g/mol. The third-order valence-electron chi connectivity index (χ3n) is 2.84. The minimum Gasteiger partial charge on any atom is -0.496 e. The zero-order chi connectivity index (χ0) is 12.8. The SMILES string of the molecule is COc1c(C)cnc(CCNCC(C)C)c1C. The molecule has 0 atom stereocenters. The Morgan fingerprint density at radius 1 is 1.35 bits per heavy atom. The van der Waals surface area contributed by atoms with Crippen molar-refractivity contribution in [2.45, 2.75) is 34.1 Å². The van der Waals surface area contributed by atoms with E-state index in [1.807, 2.05) is 13.1 Å². The summed E-state index contributed by atoms with van der Waals surface area (Å²) in [5.74, 6) is 1.66. The van der Waals surface area contributed by atoms with Gasteiger partial charge in [0.2, 0.25) is 0 Å². The molecule has 0 aromatic carbocycles. The molecule has 0 amide bonds. The van der Waals surface area contributed by atoms with E-state index in [1.165, 1.54) is 5.56 Å². The minimum atomic E-state index is 0.691. The lowest BCUT2D eigenvalue weighted by Crippen LogP contribution is -2.22. The van der Waals surface area contributed by atoms with E-state index >= 15 is 0 Å². The second-order valence-corrected chi connectivity index (χ2v) is 4.89. The molecule has 0 aliphatic rings. The van der Waals surface area contributed by atoms with Crippen molar-refractivity contribution >= 4 is 0 Å². The first-order chi connectivity index (χ1) is 8.06. The molecule has 0 saturated heterocycles. The molecule has 0 bridgehead atoms. The summed E-state index contributed by atoms with van der Waals surface area (Å²) in [6.07, 6.45) is 2.85. The highest BCUT2D eigenvalue weighted by Crippen LogP contribution is 2.23. The third kappa shape index (κ3) is 4.00. The first-order valence-electron chi connectivity index (χ1n) is 6.26. The lowest BCUT2D eigenvalue weighted by Gasteiger charge is -2.13. The first-order valence-corrected chi connectivity index (χ1v) is 6.26. The van der Waals surface area contributed by atoms with Gasteiger partial charge in [0.1, 0.15) is 5.75 Å². The Balaban J connectivity index is 2.60. The third-order valence-corrected chi connectivity index (χ3v) is 2.84.